The summed E-state index contributed by atoms with van der Waals surface area (Å²) in [4.78, 5) is 29.6. The van der Waals surface area contributed by atoms with Crippen molar-refractivity contribution in [3.05, 3.63) is 71.9 Å². The Balaban J connectivity index is 1.32. The van der Waals surface area contributed by atoms with Gasteiger partial charge < -0.3 is 19.9 Å². The summed E-state index contributed by atoms with van der Waals surface area (Å²) in [7, 11) is 0. The van der Waals surface area contributed by atoms with Gasteiger partial charge in [0, 0.05) is 36.7 Å². The summed E-state index contributed by atoms with van der Waals surface area (Å²) in [6.07, 6.45) is 2.32. The summed E-state index contributed by atoms with van der Waals surface area (Å²) in [6, 6.07) is 17.8. The molecule has 0 saturated carbocycles. The van der Waals surface area contributed by atoms with Gasteiger partial charge in [-0.05, 0) is 18.1 Å². The van der Waals surface area contributed by atoms with E-state index in [-0.39, 0.29) is 24.5 Å². The van der Waals surface area contributed by atoms with Gasteiger partial charge in [-0.25, -0.2) is 0 Å². The van der Waals surface area contributed by atoms with E-state index in [4.69, 9.17) is 4.74 Å². The van der Waals surface area contributed by atoms with Gasteiger partial charge in [-0.1, -0.05) is 48.5 Å². The number of nitrogens with one attached hydrogen (secondary N) is 2. The van der Waals surface area contributed by atoms with Gasteiger partial charge in [-0.3, -0.25) is 9.59 Å². The normalized spacial score (nSPS) is 17.1. The molecule has 2 aromatic carbocycles. The highest BCUT2D eigenvalue weighted by molar-refractivity contribution is 6.06. The number of H-pyrrole nitrogens is 1. The number of fused-ring (bicyclic) bond motifs is 1. The van der Waals surface area contributed by atoms with Crippen LogP contribution in [-0.4, -0.2) is 54.0 Å². The van der Waals surface area contributed by atoms with Crippen LogP contribution in [0.4, 0.5) is 0 Å². The highest BCUT2D eigenvalue weighted by Gasteiger charge is 2.26. The molecule has 1 aliphatic rings. The number of rotatable bonds is 6. The first kappa shape index (κ1) is 18.3. The van der Waals surface area contributed by atoms with Gasteiger partial charge >= 0.3 is 0 Å². The Kier molecular flexibility index (Phi) is 5.39. The number of amides is 2. The van der Waals surface area contributed by atoms with Crippen molar-refractivity contribution in [2.24, 2.45) is 0 Å². The topological polar surface area (TPSA) is 74.4 Å². The highest BCUT2D eigenvalue weighted by atomic mass is 16.5. The van der Waals surface area contributed by atoms with Crippen LogP contribution in [0.25, 0.3) is 10.9 Å². The number of ether oxygens (including phenoxy) is 1. The number of morpholine rings is 1. The van der Waals surface area contributed by atoms with Crippen LogP contribution in [0.15, 0.2) is 60.8 Å². The van der Waals surface area contributed by atoms with Crippen molar-refractivity contribution in [1.29, 1.82) is 0 Å². The zero-order valence-electron chi connectivity index (χ0n) is 15.6. The standard InChI is InChI=1S/C22H23N3O3/c26-21-15-28-17(14-25(21)11-10-16-6-2-1-3-7-16)12-24-22(27)19-13-23-20-9-5-4-8-18(19)20/h1-9,13,17,23H,10-12,14-15H2,(H,24,27). The molecular formula is C22H23N3O3. The quantitative estimate of drug-likeness (QED) is 0.693. The molecule has 6 heteroatoms. The predicted octanol–water partition coefficient (Wildman–Crippen LogP) is 2.37. The lowest BCUT2D eigenvalue weighted by Gasteiger charge is -2.33. The lowest BCUT2D eigenvalue weighted by Crippen LogP contribution is -2.51. The molecule has 2 heterocycles. The Morgan fingerprint density at radius 3 is 2.79 bits per heavy atom. The Hall–Kier alpha value is -3.12. The molecule has 2 N–H and O–H groups in total. The predicted molar refractivity (Wildman–Crippen MR) is 107 cm³/mol. The maximum Gasteiger partial charge on any atom is 0.253 e. The van der Waals surface area contributed by atoms with Crippen molar-refractivity contribution in [3.63, 3.8) is 0 Å². The molecule has 2 amide bonds. The molecule has 0 bridgehead atoms. The molecule has 1 aliphatic heterocycles. The molecule has 28 heavy (non-hydrogen) atoms. The van der Waals surface area contributed by atoms with Gasteiger partial charge in [0.1, 0.15) is 6.61 Å². The van der Waals surface area contributed by atoms with Gasteiger partial charge in [0.15, 0.2) is 0 Å². The average molecular weight is 377 g/mol. The van der Waals surface area contributed by atoms with Crippen molar-refractivity contribution in [2.75, 3.05) is 26.2 Å². The van der Waals surface area contributed by atoms with Gasteiger partial charge in [0.25, 0.3) is 5.91 Å². The van der Waals surface area contributed by atoms with Crippen molar-refractivity contribution < 1.29 is 14.3 Å². The summed E-state index contributed by atoms with van der Waals surface area (Å²) < 4.78 is 5.61. The van der Waals surface area contributed by atoms with E-state index >= 15 is 0 Å². The van der Waals surface area contributed by atoms with Crippen LogP contribution in [0.2, 0.25) is 0 Å². The summed E-state index contributed by atoms with van der Waals surface area (Å²) in [6.45, 7) is 1.56. The van der Waals surface area contributed by atoms with Crippen LogP contribution in [0.5, 0.6) is 0 Å². The fourth-order valence-electron chi connectivity index (χ4n) is 3.49. The van der Waals surface area contributed by atoms with Crippen LogP contribution in [0, 0.1) is 0 Å². The first-order valence-corrected chi connectivity index (χ1v) is 9.48. The lowest BCUT2D eigenvalue weighted by molar-refractivity contribution is -0.148. The maximum absolute atomic E-state index is 12.6. The van der Waals surface area contributed by atoms with E-state index in [1.54, 1.807) is 6.20 Å². The van der Waals surface area contributed by atoms with E-state index in [1.165, 1.54) is 5.56 Å². The molecule has 1 saturated heterocycles. The molecule has 144 valence electrons. The Morgan fingerprint density at radius 1 is 1.14 bits per heavy atom. The van der Waals surface area contributed by atoms with Crippen LogP contribution < -0.4 is 5.32 Å². The Morgan fingerprint density at radius 2 is 1.93 bits per heavy atom. The second kappa shape index (κ2) is 8.27. The summed E-state index contributed by atoms with van der Waals surface area (Å²) in [5.74, 6) is -0.149. The van der Waals surface area contributed by atoms with Crippen molar-refractivity contribution in [1.82, 2.24) is 15.2 Å². The largest absolute Gasteiger partial charge is 0.365 e. The Bertz CT molecular complexity index is 967. The van der Waals surface area contributed by atoms with Crippen LogP contribution in [0.3, 0.4) is 0 Å². The third-order valence-electron chi connectivity index (χ3n) is 5.06. The first-order valence-electron chi connectivity index (χ1n) is 9.48. The molecule has 3 aromatic rings. The number of benzene rings is 2. The third kappa shape index (κ3) is 4.07. The zero-order chi connectivity index (χ0) is 19.3. The van der Waals surface area contributed by atoms with Crippen molar-refractivity contribution >= 4 is 22.7 Å². The summed E-state index contributed by atoms with van der Waals surface area (Å²) in [5.41, 5.74) is 2.74. The molecule has 0 spiro atoms. The molecule has 1 unspecified atom stereocenters. The number of aromatic nitrogens is 1. The molecule has 4 rings (SSSR count). The minimum Gasteiger partial charge on any atom is -0.365 e. The van der Waals surface area contributed by atoms with Crippen molar-refractivity contribution in [2.45, 2.75) is 12.5 Å². The minimum atomic E-state index is -0.206. The van der Waals surface area contributed by atoms with Crippen LogP contribution >= 0.6 is 0 Å². The number of carbonyl (C=O) groups excluding carboxylic acids is 2. The summed E-state index contributed by atoms with van der Waals surface area (Å²) >= 11 is 0. The molecule has 0 radical (unpaired) electrons. The van der Waals surface area contributed by atoms with Gasteiger partial charge in [0.05, 0.1) is 11.7 Å². The van der Waals surface area contributed by atoms with Crippen LogP contribution in [0.1, 0.15) is 15.9 Å². The van der Waals surface area contributed by atoms with Gasteiger partial charge in [-0.2, -0.15) is 0 Å². The Labute approximate surface area is 163 Å². The van der Waals surface area contributed by atoms with E-state index in [1.807, 2.05) is 47.4 Å². The second-order valence-corrected chi connectivity index (χ2v) is 6.97. The average Bonchev–Trinajstić information content (AvgIpc) is 3.17. The third-order valence-corrected chi connectivity index (χ3v) is 5.06. The van der Waals surface area contributed by atoms with E-state index in [9.17, 15) is 9.59 Å². The molecule has 6 nitrogen and oxygen atoms in total. The number of carbonyl (C=O) groups is 2. The molecule has 1 fully saturated rings. The number of para-hydroxylation sites is 1. The van der Waals surface area contributed by atoms with E-state index in [2.05, 4.69) is 22.4 Å². The van der Waals surface area contributed by atoms with Gasteiger partial charge in [-0.15, -0.1) is 0 Å². The van der Waals surface area contributed by atoms with E-state index in [0.29, 0.717) is 25.2 Å². The number of nitrogens with zero attached hydrogens (tertiary/aromatic N) is 1. The fraction of sp³-hybridized carbons (Fsp3) is 0.273. The van der Waals surface area contributed by atoms with Crippen LogP contribution in [-0.2, 0) is 16.0 Å². The fourth-order valence-corrected chi connectivity index (χ4v) is 3.49. The molecule has 1 aromatic heterocycles. The van der Waals surface area contributed by atoms with E-state index < -0.39 is 0 Å². The van der Waals surface area contributed by atoms with Crippen molar-refractivity contribution in [3.8, 4) is 0 Å². The maximum atomic E-state index is 12.6. The first-order chi connectivity index (χ1) is 13.7. The number of aromatic amines is 1. The van der Waals surface area contributed by atoms with Gasteiger partial charge in [0.2, 0.25) is 5.91 Å². The lowest BCUT2D eigenvalue weighted by atomic mass is 10.1. The van der Waals surface area contributed by atoms with E-state index in [0.717, 1.165) is 17.3 Å². The highest BCUT2D eigenvalue weighted by Crippen LogP contribution is 2.17. The smallest absolute Gasteiger partial charge is 0.253 e. The number of hydrogen-bond donors (Lipinski definition) is 2. The summed E-state index contributed by atoms with van der Waals surface area (Å²) in [5, 5.41) is 3.83. The second-order valence-electron chi connectivity index (χ2n) is 6.97. The molecule has 1 atom stereocenters. The number of hydrogen-bond acceptors (Lipinski definition) is 3. The monoisotopic (exact) mass is 377 g/mol. The SMILES string of the molecule is O=C(NCC1CN(CCc2ccccc2)C(=O)CO1)c1c[nH]c2ccccc12. The zero-order valence-corrected chi connectivity index (χ0v) is 15.6. The minimum absolute atomic E-state index is 0.00450. The molecule has 0 aliphatic carbocycles. The molecular weight excluding hydrogens is 354 g/mol.